The summed E-state index contributed by atoms with van der Waals surface area (Å²) in [7, 11) is 0. The average Bonchev–Trinajstić information content (AvgIpc) is 2.90. The van der Waals surface area contributed by atoms with Gasteiger partial charge in [0.1, 0.15) is 0 Å². The number of rotatable bonds is 3. The Balaban J connectivity index is 1.74. The van der Waals surface area contributed by atoms with Crippen LogP contribution in [0.4, 0.5) is 0 Å². The second-order valence-corrected chi connectivity index (χ2v) is 7.10. The van der Waals surface area contributed by atoms with Crippen molar-refractivity contribution in [3.05, 3.63) is 17.5 Å². The van der Waals surface area contributed by atoms with Crippen molar-refractivity contribution >= 4 is 23.4 Å². The van der Waals surface area contributed by atoms with Gasteiger partial charge in [0, 0.05) is 24.5 Å². The van der Waals surface area contributed by atoms with Crippen molar-refractivity contribution in [2.45, 2.75) is 50.4 Å². The van der Waals surface area contributed by atoms with Crippen LogP contribution in [0, 0.1) is 13.8 Å². The summed E-state index contributed by atoms with van der Waals surface area (Å²) in [5, 5.41) is 4.90. The number of amides is 1. The summed E-state index contributed by atoms with van der Waals surface area (Å²) in [5.41, 5.74) is 1.92. The molecule has 3 heterocycles. The molecule has 22 heavy (non-hydrogen) atoms. The fourth-order valence-electron chi connectivity index (χ4n) is 2.78. The predicted octanol–water partition coefficient (Wildman–Crippen LogP) is 2.23. The van der Waals surface area contributed by atoms with Gasteiger partial charge < -0.3 is 4.90 Å². The zero-order valence-electron chi connectivity index (χ0n) is 13.2. The first kappa shape index (κ1) is 15.3. The van der Waals surface area contributed by atoms with Crippen LogP contribution >= 0.6 is 11.8 Å². The van der Waals surface area contributed by atoms with Crippen LogP contribution in [0.2, 0.25) is 0 Å². The average molecular weight is 319 g/mol. The van der Waals surface area contributed by atoms with Crippen molar-refractivity contribution in [3.8, 4) is 0 Å². The molecule has 0 N–H and O–H groups in total. The lowest BCUT2D eigenvalue weighted by atomic mass is 10.1. The van der Waals surface area contributed by atoms with Gasteiger partial charge in [-0.15, -0.1) is 5.10 Å². The Kier molecular flexibility index (Phi) is 4.33. The Morgan fingerprint density at radius 2 is 1.95 bits per heavy atom. The molecule has 0 aliphatic carbocycles. The highest BCUT2D eigenvalue weighted by Crippen LogP contribution is 2.23. The molecule has 1 amide bonds. The monoisotopic (exact) mass is 319 g/mol. The minimum absolute atomic E-state index is 0.170. The van der Waals surface area contributed by atoms with Gasteiger partial charge in [-0.25, -0.2) is 9.50 Å². The number of hydrogen-bond donors (Lipinski definition) is 0. The van der Waals surface area contributed by atoms with Gasteiger partial charge in [0.2, 0.25) is 11.1 Å². The maximum atomic E-state index is 12.5. The number of aromatic nitrogens is 4. The molecule has 1 unspecified atom stereocenters. The normalized spacial score (nSPS) is 17.0. The molecule has 1 fully saturated rings. The number of aryl methyl sites for hydroxylation is 2. The van der Waals surface area contributed by atoms with E-state index >= 15 is 0 Å². The summed E-state index contributed by atoms with van der Waals surface area (Å²) in [4.78, 5) is 23.2. The Bertz CT molecular complexity index is 693. The molecule has 7 heteroatoms. The molecule has 1 saturated heterocycles. The molecule has 0 saturated carbocycles. The van der Waals surface area contributed by atoms with Crippen LogP contribution in [0.15, 0.2) is 11.2 Å². The molecule has 1 aliphatic rings. The summed E-state index contributed by atoms with van der Waals surface area (Å²) in [6, 6.07) is 1.97. The molecule has 3 rings (SSSR count). The smallest absolute Gasteiger partial charge is 0.253 e. The second-order valence-electron chi connectivity index (χ2n) is 5.79. The van der Waals surface area contributed by atoms with E-state index in [9.17, 15) is 4.79 Å². The SMILES string of the molecule is Cc1cc(C)n2nc(SC(C)C(=O)N3CCCCC3)nc2n1. The van der Waals surface area contributed by atoms with Crippen molar-refractivity contribution in [1.82, 2.24) is 24.5 Å². The number of piperidine rings is 1. The van der Waals surface area contributed by atoms with E-state index in [1.54, 1.807) is 4.52 Å². The third-order valence-electron chi connectivity index (χ3n) is 3.90. The van der Waals surface area contributed by atoms with Gasteiger partial charge in [0.25, 0.3) is 5.78 Å². The van der Waals surface area contributed by atoms with Crippen LogP contribution in [0.3, 0.4) is 0 Å². The van der Waals surface area contributed by atoms with Crippen molar-refractivity contribution in [1.29, 1.82) is 0 Å². The maximum absolute atomic E-state index is 12.5. The fourth-order valence-corrected chi connectivity index (χ4v) is 3.61. The molecule has 0 aromatic carbocycles. The third-order valence-corrected chi connectivity index (χ3v) is 4.84. The highest BCUT2D eigenvalue weighted by Gasteiger charge is 2.24. The molecule has 2 aromatic rings. The second kappa shape index (κ2) is 6.24. The third kappa shape index (κ3) is 3.09. The molecule has 1 aliphatic heterocycles. The lowest BCUT2D eigenvalue weighted by molar-refractivity contribution is -0.131. The predicted molar refractivity (Wildman–Crippen MR) is 86.0 cm³/mol. The number of hydrogen-bond acceptors (Lipinski definition) is 5. The lowest BCUT2D eigenvalue weighted by Crippen LogP contribution is -2.40. The van der Waals surface area contributed by atoms with Crippen LogP contribution in [-0.2, 0) is 4.79 Å². The summed E-state index contributed by atoms with van der Waals surface area (Å²) in [5.74, 6) is 0.780. The maximum Gasteiger partial charge on any atom is 0.253 e. The lowest BCUT2D eigenvalue weighted by Gasteiger charge is -2.28. The highest BCUT2D eigenvalue weighted by atomic mass is 32.2. The van der Waals surface area contributed by atoms with E-state index in [0.29, 0.717) is 10.9 Å². The molecule has 118 valence electrons. The molecular formula is C15H21N5OS. The van der Waals surface area contributed by atoms with Gasteiger partial charge in [-0.1, -0.05) is 11.8 Å². The Morgan fingerprint density at radius 3 is 2.68 bits per heavy atom. The quantitative estimate of drug-likeness (QED) is 0.812. The minimum atomic E-state index is -0.170. The van der Waals surface area contributed by atoms with Gasteiger partial charge in [0.05, 0.1) is 5.25 Å². The number of likely N-dealkylation sites (tertiary alicyclic amines) is 1. The Morgan fingerprint density at radius 1 is 1.23 bits per heavy atom. The molecular weight excluding hydrogens is 298 g/mol. The van der Waals surface area contributed by atoms with Crippen molar-refractivity contribution in [2.75, 3.05) is 13.1 Å². The molecule has 0 spiro atoms. The largest absolute Gasteiger partial charge is 0.342 e. The molecule has 0 radical (unpaired) electrons. The van der Waals surface area contributed by atoms with E-state index in [4.69, 9.17) is 0 Å². The van der Waals surface area contributed by atoms with E-state index in [2.05, 4.69) is 15.1 Å². The molecule has 6 nitrogen and oxygen atoms in total. The highest BCUT2D eigenvalue weighted by molar-refractivity contribution is 8.00. The number of carbonyl (C=O) groups excluding carboxylic acids is 1. The summed E-state index contributed by atoms with van der Waals surface area (Å²) < 4.78 is 1.73. The zero-order valence-corrected chi connectivity index (χ0v) is 14.1. The van der Waals surface area contributed by atoms with Crippen molar-refractivity contribution in [3.63, 3.8) is 0 Å². The first-order valence-corrected chi connectivity index (χ1v) is 8.59. The number of thioether (sulfide) groups is 1. The topological polar surface area (TPSA) is 63.4 Å². The van der Waals surface area contributed by atoms with Gasteiger partial charge >= 0.3 is 0 Å². The van der Waals surface area contributed by atoms with Crippen molar-refractivity contribution in [2.24, 2.45) is 0 Å². The van der Waals surface area contributed by atoms with E-state index in [-0.39, 0.29) is 11.2 Å². The number of carbonyl (C=O) groups is 1. The van der Waals surface area contributed by atoms with E-state index in [1.165, 1.54) is 18.2 Å². The van der Waals surface area contributed by atoms with Crippen LogP contribution in [-0.4, -0.2) is 48.7 Å². The standard InChI is InChI=1S/C15H21N5OS/c1-10-9-11(2)20-14(16-10)17-15(18-20)22-12(3)13(21)19-7-5-4-6-8-19/h9,12H,4-8H2,1-3H3. The first-order valence-electron chi connectivity index (χ1n) is 7.71. The molecule has 2 aromatic heterocycles. The first-order chi connectivity index (χ1) is 10.5. The fraction of sp³-hybridized carbons (Fsp3) is 0.600. The van der Waals surface area contributed by atoms with Gasteiger partial charge in [-0.05, 0) is 46.1 Å². The molecule has 0 bridgehead atoms. The van der Waals surface area contributed by atoms with Gasteiger partial charge in [0.15, 0.2) is 0 Å². The van der Waals surface area contributed by atoms with Crippen LogP contribution in [0.1, 0.15) is 37.6 Å². The van der Waals surface area contributed by atoms with Crippen LogP contribution in [0.25, 0.3) is 5.78 Å². The van der Waals surface area contributed by atoms with Crippen molar-refractivity contribution < 1.29 is 4.79 Å². The summed E-state index contributed by atoms with van der Waals surface area (Å²) in [6.45, 7) is 7.60. The number of nitrogens with zero attached hydrogens (tertiary/aromatic N) is 5. The Labute approximate surface area is 134 Å². The van der Waals surface area contributed by atoms with E-state index < -0.39 is 0 Å². The number of fused-ring (bicyclic) bond motifs is 1. The summed E-state index contributed by atoms with van der Waals surface area (Å²) in [6.07, 6.45) is 3.44. The zero-order chi connectivity index (χ0) is 15.7. The van der Waals surface area contributed by atoms with Crippen LogP contribution < -0.4 is 0 Å². The van der Waals surface area contributed by atoms with E-state index in [1.807, 2.05) is 31.7 Å². The van der Waals surface area contributed by atoms with E-state index in [0.717, 1.165) is 37.3 Å². The molecule has 1 atom stereocenters. The van der Waals surface area contributed by atoms with Gasteiger partial charge in [-0.3, -0.25) is 4.79 Å². The van der Waals surface area contributed by atoms with Crippen LogP contribution in [0.5, 0.6) is 0 Å². The Hall–Kier alpha value is -1.63. The minimum Gasteiger partial charge on any atom is -0.342 e. The summed E-state index contributed by atoms with van der Waals surface area (Å²) >= 11 is 1.41. The van der Waals surface area contributed by atoms with Gasteiger partial charge in [-0.2, -0.15) is 4.98 Å².